The number of hydrogen-bond acceptors (Lipinski definition) is 3. The van der Waals surface area contributed by atoms with Gasteiger partial charge in [-0.3, -0.25) is 0 Å². The van der Waals surface area contributed by atoms with E-state index >= 15 is 0 Å². The maximum Gasteiger partial charge on any atom is 0.407 e. The summed E-state index contributed by atoms with van der Waals surface area (Å²) in [6, 6.07) is 16.8. The quantitative estimate of drug-likeness (QED) is 0.889. The minimum Gasteiger partial charge on any atom is -0.449 e. The van der Waals surface area contributed by atoms with Crippen LogP contribution in [0.4, 0.5) is 4.79 Å². The van der Waals surface area contributed by atoms with Gasteiger partial charge in [-0.1, -0.05) is 48.5 Å². The van der Waals surface area contributed by atoms with Gasteiger partial charge in [-0.25, -0.2) is 4.79 Å². The Morgan fingerprint density at radius 2 is 1.62 bits per heavy atom. The molecule has 2 N–H and O–H groups in total. The number of benzene rings is 2. The van der Waals surface area contributed by atoms with Gasteiger partial charge in [0.15, 0.2) is 0 Å². The highest BCUT2D eigenvalue weighted by Crippen LogP contribution is 2.45. The zero-order valence-electron chi connectivity index (χ0n) is 14.6. The predicted molar refractivity (Wildman–Crippen MR) is 98.8 cm³/mol. The lowest BCUT2D eigenvalue weighted by atomic mass is 9.93. The molecule has 2 bridgehead atoms. The van der Waals surface area contributed by atoms with Crippen LogP contribution in [-0.2, 0) is 4.74 Å². The average molecular weight is 349 g/mol. The number of carbonyl (C=O) groups excluding carboxylic acids is 1. The van der Waals surface area contributed by atoms with Gasteiger partial charge in [-0.15, -0.1) is 0 Å². The molecule has 1 amide bonds. The van der Waals surface area contributed by atoms with E-state index in [1.54, 1.807) is 0 Å². The summed E-state index contributed by atoms with van der Waals surface area (Å²) >= 11 is 0. The summed E-state index contributed by atoms with van der Waals surface area (Å²) in [5.74, 6) is 0.837. The summed E-state index contributed by atoms with van der Waals surface area (Å²) < 4.78 is 5.62. The molecular weight excluding hydrogens is 326 g/mol. The van der Waals surface area contributed by atoms with E-state index in [0.29, 0.717) is 18.4 Å². The third-order valence-corrected chi connectivity index (χ3v) is 6.47. The molecule has 0 heterocycles. The highest BCUT2D eigenvalue weighted by atomic mass is 16.5. The third kappa shape index (κ3) is 2.52. The van der Waals surface area contributed by atoms with Crippen molar-refractivity contribution < 1.29 is 14.6 Å². The summed E-state index contributed by atoms with van der Waals surface area (Å²) in [5, 5.41) is 12.9. The van der Waals surface area contributed by atoms with E-state index in [4.69, 9.17) is 4.74 Å². The van der Waals surface area contributed by atoms with Gasteiger partial charge < -0.3 is 15.2 Å². The Kier molecular flexibility index (Phi) is 3.75. The maximum atomic E-state index is 12.3. The van der Waals surface area contributed by atoms with Crippen molar-refractivity contribution in [1.29, 1.82) is 0 Å². The molecular formula is C22H23NO3. The van der Waals surface area contributed by atoms with Crippen LogP contribution < -0.4 is 5.32 Å². The number of ether oxygens (including phenoxy) is 1. The first-order valence-electron chi connectivity index (χ1n) is 9.50. The number of carbonyl (C=O) groups is 1. The van der Waals surface area contributed by atoms with Gasteiger partial charge in [-0.2, -0.15) is 0 Å². The van der Waals surface area contributed by atoms with Crippen LogP contribution in [0, 0.1) is 11.8 Å². The minimum atomic E-state index is -0.334. The molecule has 5 rings (SSSR count). The lowest BCUT2D eigenvalue weighted by Gasteiger charge is -2.25. The molecule has 4 nitrogen and oxygen atoms in total. The fraction of sp³-hybridized carbons (Fsp3) is 0.409. The number of rotatable bonds is 3. The number of aliphatic hydroxyl groups excluding tert-OH is 1. The number of hydrogen-bond donors (Lipinski definition) is 2. The molecule has 0 aromatic heterocycles. The first-order valence-corrected chi connectivity index (χ1v) is 9.50. The second-order valence-electron chi connectivity index (χ2n) is 7.87. The van der Waals surface area contributed by atoms with E-state index in [0.717, 1.165) is 19.3 Å². The van der Waals surface area contributed by atoms with Crippen LogP contribution in [0.5, 0.6) is 0 Å². The molecule has 26 heavy (non-hydrogen) atoms. The van der Waals surface area contributed by atoms with Crippen LogP contribution >= 0.6 is 0 Å². The Labute approximate surface area is 153 Å². The number of aliphatic hydroxyl groups is 1. The minimum absolute atomic E-state index is 0.0926. The predicted octanol–water partition coefficient (Wildman–Crippen LogP) is 3.68. The third-order valence-electron chi connectivity index (χ3n) is 6.47. The zero-order chi connectivity index (χ0) is 17.7. The Balaban J connectivity index is 1.26. The molecule has 3 aliphatic carbocycles. The first kappa shape index (κ1) is 15.9. The lowest BCUT2D eigenvalue weighted by Crippen LogP contribution is -2.41. The topological polar surface area (TPSA) is 58.6 Å². The molecule has 2 saturated carbocycles. The van der Waals surface area contributed by atoms with Gasteiger partial charge in [0.05, 0.1) is 6.10 Å². The Hall–Kier alpha value is -2.33. The fourth-order valence-electron chi connectivity index (χ4n) is 5.21. The second-order valence-corrected chi connectivity index (χ2v) is 7.87. The van der Waals surface area contributed by atoms with Gasteiger partial charge in [-0.05, 0) is 53.4 Å². The Morgan fingerprint density at radius 3 is 2.19 bits per heavy atom. The van der Waals surface area contributed by atoms with E-state index in [1.807, 2.05) is 12.1 Å². The lowest BCUT2D eigenvalue weighted by molar-refractivity contribution is 0.0954. The highest BCUT2D eigenvalue weighted by molar-refractivity contribution is 5.79. The molecule has 4 heteroatoms. The van der Waals surface area contributed by atoms with E-state index < -0.39 is 0 Å². The van der Waals surface area contributed by atoms with E-state index in [-0.39, 0.29) is 24.2 Å². The van der Waals surface area contributed by atoms with Crippen LogP contribution in [0.1, 0.15) is 36.3 Å². The number of amides is 1. The molecule has 2 aromatic carbocycles. The van der Waals surface area contributed by atoms with Crippen molar-refractivity contribution in [2.75, 3.05) is 6.61 Å². The van der Waals surface area contributed by atoms with Gasteiger partial charge >= 0.3 is 6.09 Å². The van der Waals surface area contributed by atoms with Crippen LogP contribution in [0.25, 0.3) is 11.1 Å². The fourth-order valence-corrected chi connectivity index (χ4v) is 5.21. The molecule has 0 radical (unpaired) electrons. The summed E-state index contributed by atoms with van der Waals surface area (Å²) in [6.07, 6.45) is 2.18. The summed E-state index contributed by atoms with van der Waals surface area (Å²) in [4.78, 5) is 12.3. The molecule has 2 aromatic rings. The molecule has 4 unspecified atom stereocenters. The number of nitrogens with one attached hydrogen (secondary N) is 1. The summed E-state index contributed by atoms with van der Waals surface area (Å²) in [6.45, 7) is 0.350. The van der Waals surface area contributed by atoms with Crippen molar-refractivity contribution in [3.05, 3.63) is 59.7 Å². The standard InChI is InChI=1S/C22H23NO3/c24-21-11-13-9-14(21)10-20(13)23-22(25)26-12-19-17-7-3-1-5-15(17)16-6-2-4-8-18(16)19/h1-8,13-14,19-21,24H,9-12H2,(H,23,25). The van der Waals surface area contributed by atoms with Crippen molar-refractivity contribution in [1.82, 2.24) is 5.32 Å². The van der Waals surface area contributed by atoms with Crippen molar-refractivity contribution in [2.45, 2.75) is 37.3 Å². The monoisotopic (exact) mass is 349 g/mol. The van der Waals surface area contributed by atoms with Crippen molar-refractivity contribution in [3.8, 4) is 11.1 Å². The van der Waals surface area contributed by atoms with Gasteiger partial charge in [0, 0.05) is 12.0 Å². The summed E-state index contributed by atoms with van der Waals surface area (Å²) in [7, 11) is 0. The van der Waals surface area contributed by atoms with E-state index in [2.05, 4.69) is 41.7 Å². The molecule has 0 saturated heterocycles. The second kappa shape index (κ2) is 6.13. The largest absolute Gasteiger partial charge is 0.449 e. The smallest absolute Gasteiger partial charge is 0.407 e. The number of fused-ring (bicyclic) bond motifs is 5. The van der Waals surface area contributed by atoms with Gasteiger partial charge in [0.2, 0.25) is 0 Å². The van der Waals surface area contributed by atoms with Gasteiger partial charge in [0.1, 0.15) is 6.61 Å². The maximum absolute atomic E-state index is 12.3. The zero-order valence-corrected chi connectivity index (χ0v) is 14.6. The number of alkyl carbamates (subject to hydrolysis) is 1. The molecule has 4 atom stereocenters. The molecule has 0 spiro atoms. The Bertz CT molecular complexity index is 801. The normalized spacial score (nSPS) is 28.7. The molecule has 2 fully saturated rings. The van der Waals surface area contributed by atoms with Crippen molar-refractivity contribution in [2.24, 2.45) is 11.8 Å². The summed E-state index contributed by atoms with van der Waals surface area (Å²) in [5.41, 5.74) is 4.92. The van der Waals surface area contributed by atoms with E-state index in [9.17, 15) is 9.90 Å². The molecule has 3 aliphatic rings. The SMILES string of the molecule is O=C(NC1CC2CC1CC2O)OCC1c2ccccc2-c2ccccc21. The first-order chi connectivity index (χ1) is 12.7. The van der Waals surface area contributed by atoms with Crippen LogP contribution in [0.3, 0.4) is 0 Å². The van der Waals surface area contributed by atoms with Crippen molar-refractivity contribution >= 4 is 6.09 Å². The van der Waals surface area contributed by atoms with E-state index in [1.165, 1.54) is 22.3 Å². The van der Waals surface area contributed by atoms with Crippen LogP contribution in [0.15, 0.2) is 48.5 Å². The van der Waals surface area contributed by atoms with Crippen molar-refractivity contribution in [3.63, 3.8) is 0 Å². The Morgan fingerprint density at radius 1 is 0.962 bits per heavy atom. The molecule has 0 aliphatic heterocycles. The highest BCUT2D eigenvalue weighted by Gasteiger charge is 2.45. The average Bonchev–Trinajstić information content (AvgIpc) is 3.31. The molecule has 134 valence electrons. The van der Waals surface area contributed by atoms with Gasteiger partial charge in [0.25, 0.3) is 0 Å². The van der Waals surface area contributed by atoms with Crippen LogP contribution in [-0.4, -0.2) is 30.0 Å². The van der Waals surface area contributed by atoms with Crippen LogP contribution in [0.2, 0.25) is 0 Å².